The summed E-state index contributed by atoms with van der Waals surface area (Å²) >= 11 is 0. The van der Waals surface area contributed by atoms with E-state index in [0.717, 1.165) is 44.8 Å². The van der Waals surface area contributed by atoms with Crippen LogP contribution >= 0.6 is 0 Å². The lowest BCUT2D eigenvalue weighted by Gasteiger charge is -2.26. The van der Waals surface area contributed by atoms with Crippen molar-refractivity contribution >= 4 is 5.97 Å². The molecule has 0 aliphatic heterocycles. The second-order valence-electron chi connectivity index (χ2n) is 5.91. The van der Waals surface area contributed by atoms with Crippen molar-refractivity contribution in [3.8, 4) is 0 Å². The normalized spacial score (nSPS) is 14.3. The van der Waals surface area contributed by atoms with Crippen molar-refractivity contribution in [1.82, 2.24) is 5.32 Å². The molecule has 0 spiro atoms. The molecule has 0 aliphatic carbocycles. The van der Waals surface area contributed by atoms with Gasteiger partial charge >= 0.3 is 5.97 Å². The first kappa shape index (κ1) is 19.4. The van der Waals surface area contributed by atoms with Gasteiger partial charge in [0.15, 0.2) is 0 Å². The van der Waals surface area contributed by atoms with Crippen LogP contribution in [-0.4, -0.2) is 38.4 Å². The Hall–Kier alpha value is -0.610. The SMILES string of the molecule is CCOC(=O)C(C)(CCCCOCCCC(C)C)NC. The minimum atomic E-state index is -0.576. The van der Waals surface area contributed by atoms with Crippen LogP contribution in [0.5, 0.6) is 0 Å². The smallest absolute Gasteiger partial charge is 0.326 e. The predicted octanol–water partition coefficient (Wildman–Crippen LogP) is 3.15. The Labute approximate surface area is 124 Å². The van der Waals surface area contributed by atoms with Gasteiger partial charge in [0.2, 0.25) is 0 Å². The molecule has 0 aromatic rings. The molecule has 0 aromatic heterocycles. The molecule has 0 bridgehead atoms. The quantitative estimate of drug-likeness (QED) is 0.442. The molecule has 1 N–H and O–H groups in total. The van der Waals surface area contributed by atoms with Gasteiger partial charge in [0.1, 0.15) is 5.54 Å². The molecule has 0 radical (unpaired) electrons. The molecule has 0 saturated heterocycles. The molecule has 0 rings (SSSR count). The number of carbonyl (C=O) groups is 1. The fourth-order valence-corrected chi connectivity index (χ4v) is 2.00. The minimum absolute atomic E-state index is 0.166. The lowest BCUT2D eigenvalue weighted by Crippen LogP contribution is -2.48. The van der Waals surface area contributed by atoms with E-state index in [9.17, 15) is 4.79 Å². The maximum Gasteiger partial charge on any atom is 0.326 e. The summed E-state index contributed by atoms with van der Waals surface area (Å²) in [6.07, 6.45) is 5.08. The van der Waals surface area contributed by atoms with Crippen LogP contribution in [0.3, 0.4) is 0 Å². The van der Waals surface area contributed by atoms with E-state index in [2.05, 4.69) is 19.2 Å². The van der Waals surface area contributed by atoms with Gasteiger partial charge in [-0.05, 0) is 58.9 Å². The topological polar surface area (TPSA) is 47.6 Å². The standard InChI is InChI=1S/C16H33NO3/c1-6-20-15(18)16(4,17-5)11-7-8-12-19-13-9-10-14(2)3/h14,17H,6-13H2,1-5H3. The Morgan fingerprint density at radius 1 is 1.20 bits per heavy atom. The molecule has 120 valence electrons. The fraction of sp³-hybridized carbons (Fsp3) is 0.938. The summed E-state index contributed by atoms with van der Waals surface area (Å²) in [7, 11) is 1.80. The molecule has 0 fully saturated rings. The number of rotatable bonds is 12. The Bertz CT molecular complexity index is 256. The zero-order chi connectivity index (χ0) is 15.4. The van der Waals surface area contributed by atoms with E-state index in [0.29, 0.717) is 6.61 Å². The van der Waals surface area contributed by atoms with Crippen LogP contribution in [0, 0.1) is 5.92 Å². The van der Waals surface area contributed by atoms with Gasteiger partial charge in [0, 0.05) is 13.2 Å². The second-order valence-corrected chi connectivity index (χ2v) is 5.91. The van der Waals surface area contributed by atoms with Crippen LogP contribution in [0.2, 0.25) is 0 Å². The average molecular weight is 287 g/mol. The second kappa shape index (κ2) is 11.1. The summed E-state index contributed by atoms with van der Waals surface area (Å²) in [6.45, 7) is 10.2. The number of likely N-dealkylation sites (N-methyl/N-ethyl adjacent to an activating group) is 1. The molecular formula is C16H33NO3. The average Bonchev–Trinajstić information content (AvgIpc) is 2.41. The number of carbonyl (C=O) groups excluding carboxylic acids is 1. The maximum absolute atomic E-state index is 11.8. The van der Waals surface area contributed by atoms with Crippen molar-refractivity contribution < 1.29 is 14.3 Å². The lowest BCUT2D eigenvalue weighted by molar-refractivity contribution is -0.150. The van der Waals surface area contributed by atoms with Crippen LogP contribution in [0.15, 0.2) is 0 Å². The highest BCUT2D eigenvalue weighted by atomic mass is 16.5. The highest BCUT2D eigenvalue weighted by Gasteiger charge is 2.32. The molecule has 4 heteroatoms. The molecule has 0 aromatic carbocycles. The monoisotopic (exact) mass is 287 g/mol. The minimum Gasteiger partial charge on any atom is -0.465 e. The van der Waals surface area contributed by atoms with E-state index in [1.54, 1.807) is 7.05 Å². The summed E-state index contributed by atoms with van der Waals surface area (Å²) < 4.78 is 10.7. The van der Waals surface area contributed by atoms with Crippen LogP contribution < -0.4 is 5.32 Å². The maximum atomic E-state index is 11.8. The number of hydrogen-bond donors (Lipinski definition) is 1. The first-order valence-corrected chi connectivity index (χ1v) is 7.90. The van der Waals surface area contributed by atoms with E-state index in [1.165, 1.54) is 6.42 Å². The third-order valence-corrected chi connectivity index (χ3v) is 3.56. The van der Waals surface area contributed by atoms with Crippen LogP contribution in [0.1, 0.15) is 59.8 Å². The Kier molecular flexibility index (Phi) is 10.8. The number of hydrogen-bond acceptors (Lipinski definition) is 4. The third-order valence-electron chi connectivity index (χ3n) is 3.56. The number of nitrogens with one attached hydrogen (secondary N) is 1. The van der Waals surface area contributed by atoms with Crippen molar-refractivity contribution in [2.75, 3.05) is 26.9 Å². The van der Waals surface area contributed by atoms with Gasteiger partial charge in [-0.1, -0.05) is 13.8 Å². The molecule has 0 amide bonds. The van der Waals surface area contributed by atoms with E-state index in [1.807, 2.05) is 13.8 Å². The Morgan fingerprint density at radius 2 is 1.85 bits per heavy atom. The summed E-state index contributed by atoms with van der Waals surface area (Å²) in [4.78, 5) is 11.8. The van der Waals surface area contributed by atoms with E-state index >= 15 is 0 Å². The van der Waals surface area contributed by atoms with E-state index in [4.69, 9.17) is 9.47 Å². The molecule has 1 unspecified atom stereocenters. The first-order valence-electron chi connectivity index (χ1n) is 7.90. The van der Waals surface area contributed by atoms with Crippen molar-refractivity contribution in [3.63, 3.8) is 0 Å². The molecule has 0 saturated carbocycles. The van der Waals surface area contributed by atoms with Crippen molar-refractivity contribution in [1.29, 1.82) is 0 Å². The Morgan fingerprint density at radius 3 is 2.40 bits per heavy atom. The largest absolute Gasteiger partial charge is 0.465 e. The van der Waals surface area contributed by atoms with Gasteiger partial charge in [0.05, 0.1) is 6.61 Å². The molecule has 0 heterocycles. The molecule has 20 heavy (non-hydrogen) atoms. The van der Waals surface area contributed by atoms with Crippen molar-refractivity contribution in [2.24, 2.45) is 5.92 Å². The van der Waals surface area contributed by atoms with Crippen molar-refractivity contribution in [2.45, 2.75) is 65.3 Å². The summed E-state index contributed by atoms with van der Waals surface area (Å²) in [6, 6.07) is 0. The predicted molar refractivity (Wildman–Crippen MR) is 82.8 cm³/mol. The van der Waals surface area contributed by atoms with Gasteiger partial charge in [-0.3, -0.25) is 4.79 Å². The summed E-state index contributed by atoms with van der Waals surface area (Å²) in [5, 5.41) is 3.07. The molecular weight excluding hydrogens is 254 g/mol. The van der Waals surface area contributed by atoms with E-state index in [-0.39, 0.29) is 5.97 Å². The van der Waals surface area contributed by atoms with E-state index < -0.39 is 5.54 Å². The number of ether oxygens (including phenoxy) is 2. The zero-order valence-corrected chi connectivity index (χ0v) is 14.0. The summed E-state index contributed by atoms with van der Waals surface area (Å²) in [5.41, 5.74) is -0.576. The van der Waals surface area contributed by atoms with Crippen LogP contribution in [0.25, 0.3) is 0 Å². The van der Waals surface area contributed by atoms with Crippen LogP contribution in [-0.2, 0) is 14.3 Å². The van der Waals surface area contributed by atoms with Crippen LogP contribution in [0.4, 0.5) is 0 Å². The van der Waals surface area contributed by atoms with Crippen molar-refractivity contribution in [3.05, 3.63) is 0 Å². The summed E-state index contributed by atoms with van der Waals surface area (Å²) in [5.74, 6) is 0.583. The zero-order valence-electron chi connectivity index (χ0n) is 14.0. The van der Waals surface area contributed by atoms with Gasteiger partial charge in [0.25, 0.3) is 0 Å². The molecule has 4 nitrogen and oxygen atoms in total. The molecule has 1 atom stereocenters. The number of unbranched alkanes of at least 4 members (excludes halogenated alkanes) is 1. The van der Waals surface area contributed by atoms with Gasteiger partial charge < -0.3 is 14.8 Å². The lowest BCUT2D eigenvalue weighted by atomic mass is 9.95. The Balaban J connectivity index is 3.68. The first-order chi connectivity index (χ1) is 9.46. The van der Waals surface area contributed by atoms with Gasteiger partial charge in [-0.15, -0.1) is 0 Å². The molecule has 0 aliphatic rings. The third kappa shape index (κ3) is 8.54. The number of esters is 1. The highest BCUT2D eigenvalue weighted by Crippen LogP contribution is 2.15. The van der Waals surface area contributed by atoms with Gasteiger partial charge in [-0.2, -0.15) is 0 Å². The highest BCUT2D eigenvalue weighted by molar-refractivity contribution is 5.80. The fourth-order valence-electron chi connectivity index (χ4n) is 2.00. The van der Waals surface area contributed by atoms with Gasteiger partial charge in [-0.25, -0.2) is 0 Å².